The van der Waals surface area contributed by atoms with Gasteiger partial charge in [-0.1, -0.05) is 98.3 Å². The number of ketones is 2. The molecule has 1 unspecified atom stereocenters. The van der Waals surface area contributed by atoms with Crippen molar-refractivity contribution in [2.75, 3.05) is 6.61 Å². The molecule has 7 rings (SSSR count). The summed E-state index contributed by atoms with van der Waals surface area (Å²) in [6.07, 6.45) is -9.91. The molecule has 1 heterocycles. The highest BCUT2D eigenvalue weighted by Gasteiger charge is 2.78. The maximum atomic E-state index is 15.5. The molecule has 3 fully saturated rings. The van der Waals surface area contributed by atoms with Crippen LogP contribution in [-0.2, 0) is 38.1 Å². The molecule has 4 aliphatic rings. The molecule has 0 aromatic heterocycles. The molecule has 1 saturated heterocycles. The zero-order valence-corrected chi connectivity index (χ0v) is 35.6. The first kappa shape index (κ1) is 44.9. The van der Waals surface area contributed by atoms with Crippen molar-refractivity contribution < 1.29 is 63.3 Å². The van der Waals surface area contributed by atoms with Crippen molar-refractivity contribution in [1.29, 1.82) is 0 Å². The fourth-order valence-electron chi connectivity index (χ4n) is 10.7. The lowest BCUT2D eigenvalue weighted by Gasteiger charge is -2.67. The number of rotatable bonds is 12. The van der Waals surface area contributed by atoms with Crippen LogP contribution in [0.15, 0.2) is 102 Å². The summed E-state index contributed by atoms with van der Waals surface area (Å²) < 4.78 is 24.4. The molecule has 330 valence electrons. The molecular weight excluding hydrogens is 799 g/mol. The van der Waals surface area contributed by atoms with E-state index in [2.05, 4.69) is 5.32 Å². The molecule has 3 aliphatic carbocycles. The number of carbonyl (C=O) groups excluding carboxylic acids is 5. The Balaban J connectivity index is 1.39. The van der Waals surface area contributed by atoms with Crippen molar-refractivity contribution in [2.24, 2.45) is 22.7 Å². The van der Waals surface area contributed by atoms with E-state index in [1.165, 1.54) is 26.0 Å². The topological polar surface area (TPSA) is 215 Å². The minimum Gasteiger partial charge on any atom is -0.455 e. The number of ether oxygens (including phenoxy) is 4. The summed E-state index contributed by atoms with van der Waals surface area (Å²) in [6, 6.07) is 24.2. The first-order valence-corrected chi connectivity index (χ1v) is 20.9. The molecule has 14 nitrogen and oxygen atoms in total. The van der Waals surface area contributed by atoms with E-state index in [4.69, 9.17) is 18.9 Å². The monoisotopic (exact) mass is 853 g/mol. The second kappa shape index (κ2) is 16.9. The van der Waals surface area contributed by atoms with Gasteiger partial charge in [0.2, 0.25) is 0 Å². The third-order valence-corrected chi connectivity index (χ3v) is 14.1. The number of fused-ring (bicyclic) bond motifs is 5. The predicted molar refractivity (Wildman–Crippen MR) is 222 cm³/mol. The minimum atomic E-state index is -2.25. The number of Topliss-reactive ketones (excluding diaryl/α,β-unsaturated/α-hetero) is 2. The van der Waals surface area contributed by atoms with Crippen LogP contribution in [0.2, 0.25) is 0 Å². The first-order chi connectivity index (χ1) is 29.3. The highest BCUT2D eigenvalue weighted by Crippen LogP contribution is 2.65. The van der Waals surface area contributed by atoms with Crippen molar-refractivity contribution in [2.45, 2.75) is 115 Å². The van der Waals surface area contributed by atoms with Crippen molar-refractivity contribution in [3.63, 3.8) is 0 Å². The lowest BCUT2D eigenvalue weighted by atomic mass is 9.44. The zero-order valence-electron chi connectivity index (χ0n) is 35.6. The molecule has 0 spiro atoms. The zero-order chi connectivity index (χ0) is 44.9. The van der Waals surface area contributed by atoms with Crippen molar-refractivity contribution >= 4 is 29.5 Å². The van der Waals surface area contributed by atoms with Gasteiger partial charge < -0.3 is 39.4 Å². The second-order valence-electron chi connectivity index (χ2n) is 17.9. The van der Waals surface area contributed by atoms with Crippen LogP contribution in [0.25, 0.3) is 0 Å². The number of hydrogen-bond donors (Lipinski definition) is 5. The van der Waals surface area contributed by atoms with Gasteiger partial charge in [-0.15, -0.1) is 0 Å². The molecule has 62 heavy (non-hydrogen) atoms. The molecule has 12 atom stereocenters. The van der Waals surface area contributed by atoms with E-state index < -0.39 is 113 Å². The van der Waals surface area contributed by atoms with Gasteiger partial charge in [0.05, 0.1) is 35.6 Å². The molecule has 14 heteroatoms. The summed E-state index contributed by atoms with van der Waals surface area (Å²) in [4.78, 5) is 70.4. The largest absolute Gasteiger partial charge is 0.455 e. The molecule has 0 radical (unpaired) electrons. The third kappa shape index (κ3) is 7.50. The van der Waals surface area contributed by atoms with E-state index in [1.54, 1.807) is 99.6 Å². The number of benzene rings is 3. The Bertz CT molecular complexity index is 2230. The smallest absolute Gasteiger partial charge is 0.338 e. The number of hydrogen-bond acceptors (Lipinski definition) is 14. The molecule has 3 aromatic rings. The third-order valence-electron chi connectivity index (χ3n) is 14.1. The molecule has 3 aromatic carbocycles. The first-order valence-electron chi connectivity index (χ1n) is 20.9. The van der Waals surface area contributed by atoms with E-state index in [9.17, 15) is 39.6 Å². The standard InChI is InChI=1S/C48H55NO13/c1-26-32(22-33(52)38(54)37(29-16-10-7-11-17-29)49-43(56)30-18-12-8-13-19-30)24-48(58)42(61-44(57)31-20-14-9-15-21-31)40-46(6,34(53)23-35-47(40,25-59-35)62-28(3)51)41(55)39(60-27(2)50)36(26)45(48,4)5/h7-21,32,34-35,37-40,42-43,49,53-54,56,58H,22-25H2,1-6H3/t32-,34-,35+,37-,38-,39+,40-,42-,43?,46+,47-,48+/m0/s1. The summed E-state index contributed by atoms with van der Waals surface area (Å²) in [5.41, 5.74) is -5.90. The predicted octanol–water partition coefficient (Wildman–Crippen LogP) is 4.25. The summed E-state index contributed by atoms with van der Waals surface area (Å²) in [7, 11) is 0. The quantitative estimate of drug-likeness (QED) is 0.0746. The highest BCUT2D eigenvalue weighted by molar-refractivity contribution is 5.95. The number of nitrogens with one attached hydrogen (secondary N) is 1. The average molecular weight is 854 g/mol. The maximum absolute atomic E-state index is 15.5. The number of aliphatic hydroxyl groups is 4. The van der Waals surface area contributed by atoms with Crippen LogP contribution in [-0.4, -0.2) is 98.2 Å². The Hall–Kier alpha value is -5.09. The number of aliphatic hydroxyl groups excluding tert-OH is 3. The Morgan fingerprint density at radius 1 is 0.855 bits per heavy atom. The Morgan fingerprint density at radius 2 is 1.44 bits per heavy atom. The summed E-state index contributed by atoms with van der Waals surface area (Å²) >= 11 is 0. The van der Waals surface area contributed by atoms with Gasteiger partial charge in [-0.3, -0.25) is 24.5 Å². The SMILES string of the molecule is CC(=O)O[C@H]1C(=O)[C@@]2(C)[C@H]([C@H](OC(=O)c3ccccc3)[C@]3(O)C[C@H](CC(=O)[C@H](O)[C@@H](NC(O)c4ccccc4)c4ccccc4)C(C)=C1C3(C)C)[C@]1(OC(C)=O)CO[C@@H]1C[C@@H]2O. The number of allylic oxidation sites excluding steroid dienone is 1. The minimum absolute atomic E-state index is 0.107. The van der Waals surface area contributed by atoms with E-state index in [-0.39, 0.29) is 30.6 Å². The van der Waals surface area contributed by atoms with Crippen LogP contribution in [0.3, 0.4) is 0 Å². The maximum Gasteiger partial charge on any atom is 0.338 e. The van der Waals surface area contributed by atoms with Gasteiger partial charge in [-0.25, -0.2) is 4.79 Å². The Morgan fingerprint density at radius 3 is 1.98 bits per heavy atom. The molecule has 0 amide bonds. The van der Waals surface area contributed by atoms with Crippen LogP contribution >= 0.6 is 0 Å². The van der Waals surface area contributed by atoms with Crippen LogP contribution in [0.5, 0.6) is 0 Å². The molecule has 2 bridgehead atoms. The molecule has 5 N–H and O–H groups in total. The molecular formula is C48H55NO13. The van der Waals surface area contributed by atoms with Gasteiger partial charge >= 0.3 is 17.9 Å². The van der Waals surface area contributed by atoms with Crippen molar-refractivity contribution in [3.05, 3.63) is 119 Å². The molecule has 1 aliphatic heterocycles. The van der Waals surface area contributed by atoms with Gasteiger partial charge in [0.1, 0.15) is 30.1 Å². The van der Waals surface area contributed by atoms with Crippen LogP contribution in [0.1, 0.15) is 94.6 Å². The summed E-state index contributed by atoms with van der Waals surface area (Å²) in [5.74, 6) is -6.42. The van der Waals surface area contributed by atoms with Crippen LogP contribution in [0, 0.1) is 22.7 Å². The van der Waals surface area contributed by atoms with Gasteiger partial charge in [-0.05, 0) is 55.0 Å². The fraction of sp³-hybridized carbons (Fsp3) is 0.479. The number of carbonyl (C=O) groups is 5. The van der Waals surface area contributed by atoms with Crippen LogP contribution < -0.4 is 5.32 Å². The number of esters is 3. The second-order valence-corrected chi connectivity index (χ2v) is 17.9. The lowest BCUT2D eigenvalue weighted by molar-refractivity contribution is -0.345. The lowest BCUT2D eigenvalue weighted by Crippen LogP contribution is -2.81. The summed E-state index contributed by atoms with van der Waals surface area (Å²) in [5, 5.41) is 52.0. The van der Waals surface area contributed by atoms with E-state index in [0.29, 0.717) is 16.7 Å². The van der Waals surface area contributed by atoms with Gasteiger partial charge in [0.15, 0.2) is 23.3 Å². The van der Waals surface area contributed by atoms with Crippen LogP contribution in [0.4, 0.5) is 0 Å². The Kier molecular flexibility index (Phi) is 12.2. The normalized spacial score (nSPS) is 32.6. The van der Waals surface area contributed by atoms with Gasteiger partial charge in [-0.2, -0.15) is 0 Å². The van der Waals surface area contributed by atoms with E-state index in [1.807, 2.05) is 0 Å². The van der Waals surface area contributed by atoms with E-state index in [0.717, 1.165) is 6.92 Å². The van der Waals surface area contributed by atoms with E-state index >= 15 is 4.79 Å². The Labute approximate surface area is 360 Å². The van der Waals surface area contributed by atoms with Crippen molar-refractivity contribution in [3.8, 4) is 0 Å². The fourth-order valence-corrected chi connectivity index (χ4v) is 10.7. The average Bonchev–Trinajstić information content (AvgIpc) is 3.24. The summed E-state index contributed by atoms with van der Waals surface area (Å²) in [6.45, 7) is 8.38. The van der Waals surface area contributed by atoms with Gasteiger partial charge in [0, 0.05) is 32.1 Å². The van der Waals surface area contributed by atoms with Gasteiger partial charge in [0.25, 0.3) is 0 Å². The van der Waals surface area contributed by atoms with Crippen molar-refractivity contribution in [1.82, 2.24) is 5.32 Å². The molecule has 2 saturated carbocycles. The highest BCUT2D eigenvalue weighted by atomic mass is 16.6.